The zero-order valence-corrected chi connectivity index (χ0v) is 15.3. The quantitative estimate of drug-likeness (QED) is 0.626. The molecule has 1 aromatic heterocycles. The van der Waals surface area contributed by atoms with Gasteiger partial charge in [0.2, 0.25) is 5.13 Å². The van der Waals surface area contributed by atoms with Crippen LogP contribution >= 0.6 is 11.3 Å². The molecule has 25 heavy (non-hydrogen) atoms. The number of carbonyl (C=O) groups excluding carboxylic acids is 2. The number of ether oxygens (including phenoxy) is 2. The second-order valence-corrected chi connectivity index (χ2v) is 6.95. The molecule has 0 amide bonds. The maximum Gasteiger partial charge on any atom is 0.533 e. The summed E-state index contributed by atoms with van der Waals surface area (Å²) in [6, 6.07) is 9.21. The summed E-state index contributed by atoms with van der Waals surface area (Å²) in [6.45, 7) is 7.16. The van der Waals surface area contributed by atoms with E-state index in [0.717, 1.165) is 16.9 Å². The maximum absolute atomic E-state index is 12.2. The molecule has 0 bridgehead atoms. The van der Waals surface area contributed by atoms with Crippen molar-refractivity contribution in [1.82, 2.24) is 4.98 Å². The number of hydrogen-bond donors (Lipinski definition) is 1. The third kappa shape index (κ3) is 5.46. The summed E-state index contributed by atoms with van der Waals surface area (Å²) < 4.78 is 10.1. The van der Waals surface area contributed by atoms with Crippen LogP contribution < -0.4 is 5.48 Å². The molecule has 7 nitrogen and oxygen atoms in total. The Kier molecular flexibility index (Phi) is 5.97. The molecule has 0 aliphatic carbocycles. The number of esters is 1. The number of rotatable bonds is 5. The number of nitrogens with one attached hydrogen (secondary N) is 1. The zero-order chi connectivity index (χ0) is 18.4. The van der Waals surface area contributed by atoms with Gasteiger partial charge in [-0.05, 0) is 27.7 Å². The highest BCUT2D eigenvalue weighted by atomic mass is 32.1. The minimum Gasteiger partial charge on any atom is -0.462 e. The lowest BCUT2D eigenvalue weighted by atomic mass is 10.1. The van der Waals surface area contributed by atoms with Crippen LogP contribution in [0.5, 0.6) is 0 Å². The fourth-order valence-corrected chi connectivity index (χ4v) is 2.66. The van der Waals surface area contributed by atoms with E-state index in [9.17, 15) is 9.59 Å². The van der Waals surface area contributed by atoms with Gasteiger partial charge < -0.3 is 14.3 Å². The monoisotopic (exact) mass is 364 g/mol. The molecular formula is C17H20N2O5S. The van der Waals surface area contributed by atoms with Gasteiger partial charge in [0.05, 0.1) is 12.3 Å². The lowest BCUT2D eigenvalue weighted by molar-refractivity contribution is 0.00296. The maximum atomic E-state index is 12.2. The van der Waals surface area contributed by atoms with E-state index in [1.807, 2.05) is 30.3 Å². The fraction of sp³-hybridized carbons (Fsp3) is 0.353. The fourth-order valence-electron chi connectivity index (χ4n) is 1.85. The summed E-state index contributed by atoms with van der Waals surface area (Å²) in [6.07, 6.45) is -0.887. The van der Waals surface area contributed by atoms with E-state index >= 15 is 0 Å². The molecule has 0 saturated heterocycles. The Morgan fingerprint density at radius 2 is 1.88 bits per heavy atom. The third-order valence-electron chi connectivity index (χ3n) is 2.75. The van der Waals surface area contributed by atoms with Gasteiger partial charge in [0.1, 0.15) is 10.5 Å². The number of nitrogens with zero attached hydrogens (tertiary/aromatic N) is 1. The molecule has 134 valence electrons. The molecule has 1 N–H and O–H groups in total. The molecule has 0 unspecified atom stereocenters. The Balaban J connectivity index is 2.20. The van der Waals surface area contributed by atoms with Crippen molar-refractivity contribution >= 4 is 28.6 Å². The van der Waals surface area contributed by atoms with Gasteiger partial charge in [0, 0.05) is 5.56 Å². The van der Waals surface area contributed by atoms with E-state index in [0.29, 0.717) is 10.6 Å². The number of carbonyl (C=O) groups is 2. The second-order valence-electron chi connectivity index (χ2n) is 5.95. The highest BCUT2D eigenvalue weighted by Gasteiger charge is 2.22. The van der Waals surface area contributed by atoms with Crippen molar-refractivity contribution in [3.63, 3.8) is 0 Å². The molecule has 0 aliphatic heterocycles. The molecule has 0 aliphatic rings. The molecular weight excluding hydrogens is 344 g/mol. The van der Waals surface area contributed by atoms with Crippen LogP contribution in [0.25, 0.3) is 11.3 Å². The lowest BCUT2D eigenvalue weighted by Gasteiger charge is -2.18. The average molecular weight is 364 g/mol. The molecule has 0 saturated carbocycles. The lowest BCUT2D eigenvalue weighted by Crippen LogP contribution is -2.25. The first kappa shape index (κ1) is 18.7. The van der Waals surface area contributed by atoms with Gasteiger partial charge in [-0.3, -0.25) is 0 Å². The smallest absolute Gasteiger partial charge is 0.462 e. The predicted molar refractivity (Wildman–Crippen MR) is 94.4 cm³/mol. The van der Waals surface area contributed by atoms with Crippen LogP contribution in [-0.2, 0) is 14.3 Å². The topological polar surface area (TPSA) is 86.8 Å². The minimum atomic E-state index is -0.887. The van der Waals surface area contributed by atoms with Crippen LogP contribution in [0.1, 0.15) is 37.4 Å². The highest BCUT2D eigenvalue weighted by molar-refractivity contribution is 7.17. The molecule has 2 rings (SSSR count). The van der Waals surface area contributed by atoms with Crippen molar-refractivity contribution in [2.24, 2.45) is 0 Å². The average Bonchev–Trinajstić information content (AvgIpc) is 2.97. The van der Waals surface area contributed by atoms with Crippen LogP contribution in [0.15, 0.2) is 30.3 Å². The van der Waals surface area contributed by atoms with Crippen LogP contribution in [0, 0.1) is 0 Å². The number of anilines is 1. The van der Waals surface area contributed by atoms with Gasteiger partial charge in [-0.15, -0.1) is 0 Å². The molecule has 8 heteroatoms. The van der Waals surface area contributed by atoms with E-state index in [1.165, 1.54) is 0 Å². The van der Waals surface area contributed by atoms with Gasteiger partial charge in [-0.1, -0.05) is 41.7 Å². The van der Waals surface area contributed by atoms with Gasteiger partial charge in [-0.25, -0.2) is 14.6 Å². The SMILES string of the molecule is CCOC(=O)c1sc(NOC(=O)OC(C)(C)C)nc1-c1ccccc1. The zero-order valence-electron chi connectivity index (χ0n) is 14.5. The summed E-state index contributed by atoms with van der Waals surface area (Å²) in [7, 11) is 0. The Bertz CT molecular complexity index is 737. The molecule has 0 radical (unpaired) electrons. The van der Waals surface area contributed by atoms with Gasteiger partial charge in [-0.2, -0.15) is 5.48 Å². The van der Waals surface area contributed by atoms with Crippen molar-refractivity contribution in [3.8, 4) is 11.3 Å². The van der Waals surface area contributed by atoms with Crippen molar-refractivity contribution in [3.05, 3.63) is 35.2 Å². The first-order valence-electron chi connectivity index (χ1n) is 7.69. The standard InChI is InChI=1S/C17H20N2O5S/c1-5-22-14(20)13-12(11-9-7-6-8-10-11)18-15(25-13)19-24-16(21)23-17(2,3)4/h6-10H,5H2,1-4H3,(H,18,19). The van der Waals surface area contributed by atoms with Gasteiger partial charge in [0.25, 0.3) is 0 Å². The molecule has 0 fully saturated rings. The molecule has 1 aromatic carbocycles. The summed E-state index contributed by atoms with van der Waals surface area (Å²) in [4.78, 5) is 33.3. The van der Waals surface area contributed by atoms with E-state index in [4.69, 9.17) is 14.3 Å². The first-order chi connectivity index (χ1) is 11.8. The number of aromatic nitrogens is 1. The Labute approximate surface area is 149 Å². The third-order valence-corrected chi connectivity index (χ3v) is 3.68. The largest absolute Gasteiger partial charge is 0.533 e. The Hall–Kier alpha value is -2.61. The minimum absolute atomic E-state index is 0.243. The first-order valence-corrected chi connectivity index (χ1v) is 8.51. The summed E-state index contributed by atoms with van der Waals surface area (Å²) in [5.41, 5.74) is 2.96. The van der Waals surface area contributed by atoms with Crippen molar-refractivity contribution in [2.45, 2.75) is 33.3 Å². The Morgan fingerprint density at radius 1 is 1.20 bits per heavy atom. The highest BCUT2D eigenvalue weighted by Crippen LogP contribution is 2.31. The van der Waals surface area contributed by atoms with E-state index in [2.05, 4.69) is 10.5 Å². The van der Waals surface area contributed by atoms with Gasteiger partial charge >= 0.3 is 12.1 Å². The summed E-state index contributed by atoms with van der Waals surface area (Å²) in [5, 5.41) is 0.243. The van der Waals surface area contributed by atoms with Crippen molar-refractivity contribution in [2.75, 3.05) is 12.1 Å². The molecule has 1 heterocycles. The van der Waals surface area contributed by atoms with Gasteiger partial charge in [0.15, 0.2) is 0 Å². The number of benzene rings is 1. The van der Waals surface area contributed by atoms with Crippen LogP contribution in [0.4, 0.5) is 9.93 Å². The second kappa shape index (κ2) is 7.98. The van der Waals surface area contributed by atoms with E-state index < -0.39 is 17.7 Å². The van der Waals surface area contributed by atoms with Crippen LogP contribution in [0.2, 0.25) is 0 Å². The van der Waals surface area contributed by atoms with Crippen molar-refractivity contribution < 1.29 is 23.9 Å². The van der Waals surface area contributed by atoms with E-state index in [1.54, 1.807) is 27.7 Å². The van der Waals surface area contributed by atoms with E-state index in [-0.39, 0.29) is 11.7 Å². The normalized spacial score (nSPS) is 10.9. The van der Waals surface area contributed by atoms with Crippen LogP contribution in [0.3, 0.4) is 0 Å². The molecule has 0 spiro atoms. The Morgan fingerprint density at radius 3 is 2.48 bits per heavy atom. The molecule has 0 atom stereocenters. The van der Waals surface area contributed by atoms with Crippen molar-refractivity contribution in [1.29, 1.82) is 0 Å². The summed E-state index contributed by atoms with van der Waals surface area (Å²) in [5.74, 6) is -0.482. The van der Waals surface area contributed by atoms with Crippen LogP contribution in [-0.4, -0.2) is 29.3 Å². The summed E-state index contributed by atoms with van der Waals surface area (Å²) >= 11 is 1.03. The number of thiazole rings is 1. The predicted octanol–water partition coefficient (Wildman–Crippen LogP) is 4.27. The number of hydrogen-bond acceptors (Lipinski definition) is 8. The molecule has 2 aromatic rings.